The molecule has 196 valence electrons. The molecule has 2 aliphatic heterocycles. The van der Waals surface area contributed by atoms with Crippen molar-refractivity contribution in [2.75, 3.05) is 32.1 Å². The minimum Gasteiger partial charge on any atom is -0.466 e. The van der Waals surface area contributed by atoms with Crippen LogP contribution in [0.1, 0.15) is 86.3 Å². The molecule has 1 aromatic heterocycles. The van der Waals surface area contributed by atoms with Crippen molar-refractivity contribution in [1.82, 2.24) is 10.1 Å². The summed E-state index contributed by atoms with van der Waals surface area (Å²) < 4.78 is 17.3. The Kier molecular flexibility index (Phi) is 8.53. The number of hydrogen-bond acceptors (Lipinski definition) is 6. The van der Waals surface area contributed by atoms with E-state index in [1.807, 2.05) is 33.9 Å². The van der Waals surface area contributed by atoms with Crippen LogP contribution >= 0.6 is 0 Å². The lowest BCUT2D eigenvalue weighted by molar-refractivity contribution is -0.126. The Morgan fingerprint density at radius 2 is 1.86 bits per heavy atom. The molecule has 7 nitrogen and oxygen atoms in total. The van der Waals surface area contributed by atoms with Gasteiger partial charge < -0.3 is 14.0 Å². The van der Waals surface area contributed by atoms with Crippen LogP contribution in [0.4, 0.5) is 5.88 Å². The Bertz CT molecular complexity index is 940. The number of anilines is 1. The summed E-state index contributed by atoms with van der Waals surface area (Å²) in [7, 11) is 2.00. The van der Waals surface area contributed by atoms with E-state index in [2.05, 4.69) is 55.2 Å². The lowest BCUT2D eigenvalue weighted by Crippen LogP contribution is -2.52. The number of ether oxygens (including phenoxy) is 2. The summed E-state index contributed by atoms with van der Waals surface area (Å²) in [6.07, 6.45) is 9.47. The number of hydrogen-bond donors (Lipinski definition) is 1. The molecule has 1 N–H and O–H groups in total. The standard InChI is InChI=1S/C28H45N3O4/c1-9-28(7)14-10-20(2)34-23(11-15-28)26(3,4)22-18-24(35-30-22)29-25(32)27(5,6)31(8)19-21-12-16-33-17-13-21/h10-11,18,21H,9,12-17,19H2,1-8H3,(H,29,32). The molecule has 7 heteroatoms. The van der Waals surface area contributed by atoms with Gasteiger partial charge in [-0.1, -0.05) is 25.4 Å². The summed E-state index contributed by atoms with van der Waals surface area (Å²) >= 11 is 0. The first-order chi connectivity index (χ1) is 16.4. The summed E-state index contributed by atoms with van der Waals surface area (Å²) in [6.45, 7) is 17.0. The maximum absolute atomic E-state index is 13.2. The first kappa shape index (κ1) is 27.5. The van der Waals surface area contributed by atoms with E-state index in [1.54, 1.807) is 0 Å². The predicted octanol–water partition coefficient (Wildman–Crippen LogP) is 6.04. The van der Waals surface area contributed by atoms with Crippen LogP contribution in [0, 0.1) is 11.3 Å². The van der Waals surface area contributed by atoms with Crippen LogP contribution < -0.4 is 5.32 Å². The Morgan fingerprint density at radius 1 is 1.20 bits per heavy atom. The fourth-order valence-electron chi connectivity index (χ4n) is 4.48. The molecule has 1 atom stereocenters. The number of aromatic nitrogens is 1. The first-order valence-corrected chi connectivity index (χ1v) is 13.0. The Labute approximate surface area is 211 Å². The fourth-order valence-corrected chi connectivity index (χ4v) is 4.48. The highest BCUT2D eigenvalue weighted by atomic mass is 16.5. The zero-order valence-electron chi connectivity index (χ0n) is 23.0. The molecule has 1 fully saturated rings. The first-order valence-electron chi connectivity index (χ1n) is 13.0. The minimum absolute atomic E-state index is 0.119. The van der Waals surface area contributed by atoms with Crippen molar-refractivity contribution in [2.24, 2.45) is 11.3 Å². The summed E-state index contributed by atoms with van der Waals surface area (Å²) in [4.78, 5) is 15.3. The molecule has 0 aliphatic carbocycles. The van der Waals surface area contributed by atoms with Gasteiger partial charge in [-0.3, -0.25) is 15.0 Å². The third-order valence-corrected chi connectivity index (χ3v) is 8.17. The monoisotopic (exact) mass is 487 g/mol. The predicted molar refractivity (Wildman–Crippen MR) is 139 cm³/mol. The minimum atomic E-state index is -0.696. The van der Waals surface area contributed by atoms with Gasteiger partial charge in [-0.05, 0) is 90.8 Å². The van der Waals surface area contributed by atoms with Crippen molar-refractivity contribution in [3.63, 3.8) is 0 Å². The number of nitrogens with zero attached hydrogens (tertiary/aromatic N) is 2. The highest BCUT2D eigenvalue weighted by Crippen LogP contribution is 2.40. The van der Waals surface area contributed by atoms with E-state index in [-0.39, 0.29) is 11.3 Å². The molecular weight excluding hydrogens is 442 g/mol. The molecule has 2 aliphatic rings. The molecule has 0 aromatic carbocycles. The quantitative estimate of drug-likeness (QED) is 0.482. The number of carbonyl (C=O) groups excluding carboxylic acids is 1. The summed E-state index contributed by atoms with van der Waals surface area (Å²) in [6, 6.07) is 1.81. The van der Waals surface area contributed by atoms with E-state index in [9.17, 15) is 4.79 Å². The van der Waals surface area contributed by atoms with Gasteiger partial charge in [-0.15, -0.1) is 0 Å². The van der Waals surface area contributed by atoms with Crippen LogP contribution in [0.25, 0.3) is 0 Å². The van der Waals surface area contributed by atoms with Crippen molar-refractivity contribution >= 4 is 11.8 Å². The summed E-state index contributed by atoms with van der Waals surface area (Å²) in [5.74, 6) is 2.53. The number of allylic oxidation sites excluding steroid dienone is 4. The van der Waals surface area contributed by atoms with E-state index in [4.69, 9.17) is 14.0 Å². The molecule has 1 amide bonds. The van der Waals surface area contributed by atoms with E-state index >= 15 is 0 Å². The second kappa shape index (κ2) is 10.9. The SMILES string of the molecule is CCC1(C)CC=C(C)OC(C(C)(C)c2cc(NC(=O)C(C)(C)N(C)CC3CCOCC3)on2)=CC1. The molecule has 0 radical (unpaired) electrons. The Morgan fingerprint density at radius 3 is 2.51 bits per heavy atom. The van der Waals surface area contributed by atoms with Crippen molar-refractivity contribution in [3.05, 3.63) is 35.4 Å². The highest BCUT2D eigenvalue weighted by molar-refractivity contribution is 5.96. The van der Waals surface area contributed by atoms with Crippen molar-refractivity contribution in [3.8, 4) is 0 Å². The van der Waals surface area contributed by atoms with Crippen LogP contribution in [0.15, 0.2) is 34.3 Å². The van der Waals surface area contributed by atoms with Crippen LogP contribution in [0.3, 0.4) is 0 Å². The summed E-state index contributed by atoms with van der Waals surface area (Å²) in [5, 5.41) is 7.26. The highest BCUT2D eigenvalue weighted by Gasteiger charge is 2.36. The van der Waals surface area contributed by atoms with Gasteiger partial charge in [0.2, 0.25) is 11.8 Å². The van der Waals surface area contributed by atoms with Gasteiger partial charge in [0, 0.05) is 25.8 Å². The van der Waals surface area contributed by atoms with Crippen molar-refractivity contribution in [1.29, 1.82) is 0 Å². The zero-order valence-corrected chi connectivity index (χ0v) is 23.0. The largest absolute Gasteiger partial charge is 0.466 e. The zero-order chi connectivity index (χ0) is 25.9. The third-order valence-electron chi connectivity index (χ3n) is 8.17. The van der Waals surface area contributed by atoms with E-state index in [1.165, 1.54) is 0 Å². The van der Waals surface area contributed by atoms with Gasteiger partial charge >= 0.3 is 0 Å². The summed E-state index contributed by atoms with van der Waals surface area (Å²) in [5.41, 5.74) is -0.280. The normalized spacial score (nSPS) is 22.7. The Balaban J connectivity index is 1.70. The van der Waals surface area contributed by atoms with Gasteiger partial charge in [-0.2, -0.15) is 0 Å². The maximum Gasteiger partial charge on any atom is 0.246 e. The molecule has 35 heavy (non-hydrogen) atoms. The molecule has 0 saturated carbocycles. The molecular formula is C28H45N3O4. The van der Waals surface area contributed by atoms with Crippen LogP contribution in [0.5, 0.6) is 0 Å². The second-order valence-electron chi connectivity index (χ2n) is 11.7. The number of likely N-dealkylation sites (N-methyl/N-ethyl adjacent to an activating group) is 1. The van der Waals surface area contributed by atoms with Crippen LogP contribution in [0.2, 0.25) is 0 Å². The number of amides is 1. The van der Waals surface area contributed by atoms with E-state index < -0.39 is 11.0 Å². The van der Waals surface area contributed by atoms with E-state index in [0.29, 0.717) is 11.8 Å². The molecule has 1 aromatic rings. The molecule has 3 heterocycles. The molecule has 0 bridgehead atoms. The van der Waals surface area contributed by atoms with E-state index in [0.717, 1.165) is 69.1 Å². The second-order valence-corrected chi connectivity index (χ2v) is 11.7. The number of carbonyl (C=O) groups is 1. The van der Waals surface area contributed by atoms with Crippen LogP contribution in [-0.2, 0) is 19.7 Å². The van der Waals surface area contributed by atoms with Crippen molar-refractivity contribution in [2.45, 2.75) is 91.5 Å². The molecule has 3 rings (SSSR count). The number of nitrogens with one attached hydrogen (secondary N) is 1. The van der Waals surface area contributed by atoms with Gasteiger partial charge in [0.1, 0.15) is 5.76 Å². The Hall–Kier alpha value is -2.12. The lowest BCUT2D eigenvalue weighted by Gasteiger charge is -2.37. The topological polar surface area (TPSA) is 76.8 Å². The van der Waals surface area contributed by atoms with Gasteiger partial charge in [-0.25, -0.2) is 0 Å². The third kappa shape index (κ3) is 6.56. The van der Waals surface area contributed by atoms with Gasteiger partial charge in [0.05, 0.1) is 22.4 Å². The van der Waals surface area contributed by atoms with Gasteiger partial charge in [0.15, 0.2) is 0 Å². The molecule has 1 unspecified atom stereocenters. The maximum atomic E-state index is 13.2. The molecule has 1 saturated heterocycles. The lowest BCUT2D eigenvalue weighted by atomic mass is 9.78. The van der Waals surface area contributed by atoms with Gasteiger partial charge in [0.25, 0.3) is 0 Å². The average Bonchev–Trinajstić information content (AvgIpc) is 3.29. The smallest absolute Gasteiger partial charge is 0.246 e. The molecule has 0 spiro atoms. The average molecular weight is 488 g/mol. The van der Waals surface area contributed by atoms with Crippen molar-refractivity contribution < 1.29 is 18.8 Å². The van der Waals surface area contributed by atoms with Crippen LogP contribution in [-0.4, -0.2) is 48.3 Å². The number of rotatable bonds is 8. The fraction of sp³-hybridized carbons (Fsp3) is 0.714.